The Bertz CT molecular complexity index is 362. The molecule has 19 heavy (non-hydrogen) atoms. The Morgan fingerprint density at radius 1 is 1.42 bits per heavy atom. The number of nitrogens with zero attached hydrogens (tertiary/aromatic N) is 1. The van der Waals surface area contributed by atoms with E-state index in [1.807, 2.05) is 0 Å². The maximum absolute atomic E-state index is 12.1. The number of likely N-dealkylation sites (tertiary alicyclic amines) is 1. The fourth-order valence-corrected chi connectivity index (χ4v) is 2.56. The minimum Gasteiger partial charge on any atom is -0.481 e. The molecular weight excluding hydrogens is 244 g/mol. The highest BCUT2D eigenvalue weighted by atomic mass is 16.4. The predicted molar refractivity (Wildman–Crippen MR) is 73.6 cm³/mol. The van der Waals surface area contributed by atoms with Crippen LogP contribution in [0.2, 0.25) is 0 Å². The van der Waals surface area contributed by atoms with Crippen LogP contribution in [0.25, 0.3) is 0 Å². The standard InChI is InChI=1S/C14H26N2O3/c1-13(2,3)8-10(15)7-11(17)16-6-5-14(4,9-16)12(18)19/h10H,5-9,15H2,1-4H3,(H,18,19). The van der Waals surface area contributed by atoms with Crippen LogP contribution in [-0.4, -0.2) is 41.0 Å². The predicted octanol–water partition coefficient (Wildman–Crippen LogP) is 1.46. The smallest absolute Gasteiger partial charge is 0.311 e. The van der Waals surface area contributed by atoms with Crippen molar-refractivity contribution < 1.29 is 14.7 Å². The van der Waals surface area contributed by atoms with Gasteiger partial charge in [0, 0.05) is 25.6 Å². The molecule has 5 nitrogen and oxygen atoms in total. The monoisotopic (exact) mass is 270 g/mol. The molecule has 1 aliphatic heterocycles. The first kappa shape index (κ1) is 16.0. The number of nitrogens with two attached hydrogens (primary N) is 1. The highest BCUT2D eigenvalue weighted by molar-refractivity contribution is 5.80. The van der Waals surface area contributed by atoms with Gasteiger partial charge in [0.05, 0.1) is 5.41 Å². The summed E-state index contributed by atoms with van der Waals surface area (Å²) in [6.45, 7) is 8.78. The van der Waals surface area contributed by atoms with E-state index < -0.39 is 11.4 Å². The largest absolute Gasteiger partial charge is 0.481 e. The number of aliphatic carboxylic acids is 1. The molecular formula is C14H26N2O3. The lowest BCUT2D eigenvalue weighted by atomic mass is 9.87. The van der Waals surface area contributed by atoms with Gasteiger partial charge in [0.25, 0.3) is 0 Å². The molecule has 5 heteroatoms. The summed E-state index contributed by atoms with van der Waals surface area (Å²) in [7, 11) is 0. The summed E-state index contributed by atoms with van der Waals surface area (Å²) in [5.74, 6) is -0.858. The fourth-order valence-electron chi connectivity index (χ4n) is 2.56. The number of carbonyl (C=O) groups is 2. The van der Waals surface area contributed by atoms with Crippen molar-refractivity contribution in [3.05, 3.63) is 0 Å². The lowest BCUT2D eigenvalue weighted by Gasteiger charge is -2.25. The SMILES string of the molecule is CC(C)(C)CC(N)CC(=O)N1CCC(C)(C(=O)O)C1. The van der Waals surface area contributed by atoms with Gasteiger partial charge in [-0.25, -0.2) is 0 Å². The molecule has 0 aromatic rings. The molecule has 0 aromatic heterocycles. The molecule has 1 amide bonds. The van der Waals surface area contributed by atoms with Crippen molar-refractivity contribution in [3.63, 3.8) is 0 Å². The highest BCUT2D eigenvalue weighted by Gasteiger charge is 2.42. The topological polar surface area (TPSA) is 83.6 Å². The first-order valence-corrected chi connectivity index (χ1v) is 6.80. The minimum absolute atomic E-state index is 0.0262. The molecule has 1 fully saturated rings. The number of hydrogen-bond donors (Lipinski definition) is 2. The minimum atomic E-state index is -0.832. The molecule has 0 spiro atoms. The molecule has 1 saturated heterocycles. The van der Waals surface area contributed by atoms with E-state index >= 15 is 0 Å². The van der Waals surface area contributed by atoms with Gasteiger partial charge < -0.3 is 15.7 Å². The number of hydrogen-bond acceptors (Lipinski definition) is 3. The van der Waals surface area contributed by atoms with Crippen LogP contribution < -0.4 is 5.73 Å². The Kier molecular flexibility index (Phi) is 4.61. The Morgan fingerprint density at radius 3 is 2.42 bits per heavy atom. The second-order valence-electron chi connectivity index (χ2n) is 7.16. The highest BCUT2D eigenvalue weighted by Crippen LogP contribution is 2.31. The normalized spacial score (nSPS) is 25.4. The average Bonchev–Trinajstić information content (AvgIpc) is 2.59. The van der Waals surface area contributed by atoms with E-state index in [0.717, 1.165) is 6.42 Å². The third kappa shape index (κ3) is 4.49. The molecule has 0 bridgehead atoms. The van der Waals surface area contributed by atoms with E-state index in [1.165, 1.54) is 0 Å². The Hall–Kier alpha value is -1.10. The van der Waals surface area contributed by atoms with E-state index in [2.05, 4.69) is 20.8 Å². The van der Waals surface area contributed by atoms with Crippen molar-refractivity contribution in [2.45, 2.75) is 53.0 Å². The van der Waals surface area contributed by atoms with E-state index in [1.54, 1.807) is 11.8 Å². The van der Waals surface area contributed by atoms with Crippen molar-refractivity contribution in [3.8, 4) is 0 Å². The molecule has 2 unspecified atom stereocenters. The zero-order valence-corrected chi connectivity index (χ0v) is 12.4. The lowest BCUT2D eigenvalue weighted by molar-refractivity contribution is -0.147. The summed E-state index contributed by atoms with van der Waals surface area (Å²) in [5.41, 5.74) is 5.29. The number of carboxylic acids is 1. The second-order valence-corrected chi connectivity index (χ2v) is 7.16. The third-order valence-electron chi connectivity index (χ3n) is 3.65. The van der Waals surface area contributed by atoms with Crippen LogP contribution in [0.5, 0.6) is 0 Å². The van der Waals surface area contributed by atoms with Crippen molar-refractivity contribution in [1.82, 2.24) is 4.90 Å². The Balaban J connectivity index is 2.50. The van der Waals surface area contributed by atoms with Crippen molar-refractivity contribution >= 4 is 11.9 Å². The molecule has 1 heterocycles. The van der Waals surface area contributed by atoms with Gasteiger partial charge >= 0.3 is 5.97 Å². The van der Waals surface area contributed by atoms with Crippen LogP contribution in [0, 0.1) is 10.8 Å². The second kappa shape index (κ2) is 5.49. The van der Waals surface area contributed by atoms with Gasteiger partial charge in [0.1, 0.15) is 0 Å². The van der Waals surface area contributed by atoms with Crippen LogP contribution in [0.1, 0.15) is 47.0 Å². The van der Waals surface area contributed by atoms with Crippen LogP contribution >= 0.6 is 0 Å². The number of carbonyl (C=O) groups excluding carboxylic acids is 1. The van der Waals surface area contributed by atoms with Crippen LogP contribution in [0.15, 0.2) is 0 Å². The van der Waals surface area contributed by atoms with E-state index in [9.17, 15) is 9.59 Å². The number of amides is 1. The van der Waals surface area contributed by atoms with Gasteiger partial charge in [-0.2, -0.15) is 0 Å². The van der Waals surface area contributed by atoms with Gasteiger partial charge in [0.2, 0.25) is 5.91 Å². The number of rotatable bonds is 4. The summed E-state index contributed by atoms with van der Waals surface area (Å²) >= 11 is 0. The van der Waals surface area contributed by atoms with E-state index in [-0.39, 0.29) is 17.4 Å². The van der Waals surface area contributed by atoms with Crippen LogP contribution in [0.3, 0.4) is 0 Å². The summed E-state index contributed by atoms with van der Waals surface area (Å²) < 4.78 is 0. The van der Waals surface area contributed by atoms with Gasteiger partial charge in [-0.05, 0) is 25.2 Å². The fraction of sp³-hybridized carbons (Fsp3) is 0.857. The molecule has 1 aliphatic rings. The molecule has 0 aromatic carbocycles. The van der Waals surface area contributed by atoms with Crippen molar-refractivity contribution in [2.24, 2.45) is 16.6 Å². The first-order chi connectivity index (χ1) is 8.53. The molecule has 110 valence electrons. The van der Waals surface area contributed by atoms with Gasteiger partial charge in [0.15, 0.2) is 0 Å². The lowest BCUT2D eigenvalue weighted by Crippen LogP contribution is -2.38. The number of carboxylic acid groups (broad SMARTS) is 1. The molecule has 2 atom stereocenters. The van der Waals surface area contributed by atoms with Gasteiger partial charge in [-0.3, -0.25) is 9.59 Å². The molecule has 0 saturated carbocycles. The van der Waals surface area contributed by atoms with Gasteiger partial charge in [-0.1, -0.05) is 20.8 Å². The summed E-state index contributed by atoms with van der Waals surface area (Å²) in [6.07, 6.45) is 1.60. The van der Waals surface area contributed by atoms with E-state index in [0.29, 0.717) is 25.9 Å². The Labute approximate surface area is 115 Å². The van der Waals surface area contributed by atoms with Gasteiger partial charge in [-0.15, -0.1) is 0 Å². The van der Waals surface area contributed by atoms with E-state index in [4.69, 9.17) is 10.8 Å². The quantitative estimate of drug-likeness (QED) is 0.810. The maximum atomic E-state index is 12.1. The van der Waals surface area contributed by atoms with Crippen LogP contribution in [-0.2, 0) is 9.59 Å². The molecule has 0 radical (unpaired) electrons. The summed E-state index contributed by atoms with van der Waals surface area (Å²) in [4.78, 5) is 24.9. The maximum Gasteiger partial charge on any atom is 0.311 e. The Morgan fingerprint density at radius 2 is 2.00 bits per heavy atom. The third-order valence-corrected chi connectivity index (χ3v) is 3.65. The average molecular weight is 270 g/mol. The first-order valence-electron chi connectivity index (χ1n) is 6.80. The zero-order valence-electron chi connectivity index (χ0n) is 12.4. The van der Waals surface area contributed by atoms with Crippen molar-refractivity contribution in [2.75, 3.05) is 13.1 Å². The molecule has 1 rings (SSSR count). The summed E-state index contributed by atoms with van der Waals surface area (Å²) in [6, 6.07) is -0.163. The molecule has 0 aliphatic carbocycles. The van der Waals surface area contributed by atoms with Crippen molar-refractivity contribution in [1.29, 1.82) is 0 Å². The summed E-state index contributed by atoms with van der Waals surface area (Å²) in [5, 5.41) is 9.14. The van der Waals surface area contributed by atoms with Crippen LogP contribution in [0.4, 0.5) is 0 Å². The molecule has 3 N–H and O–H groups in total. The zero-order chi connectivity index (χ0) is 14.8.